The minimum atomic E-state index is -0.0200. The summed E-state index contributed by atoms with van der Waals surface area (Å²) in [6, 6.07) is 18.9. The quantitative estimate of drug-likeness (QED) is 0.712. The van der Waals surface area contributed by atoms with Crippen LogP contribution in [0.1, 0.15) is 29.9 Å². The Balaban J connectivity index is 1.48. The Bertz CT molecular complexity index is 843. The largest absolute Gasteiger partial charge is 0.342 e. The van der Waals surface area contributed by atoms with Crippen LogP contribution in [0.4, 0.5) is 0 Å². The lowest BCUT2D eigenvalue weighted by Gasteiger charge is -2.41. The molecule has 4 heteroatoms. The summed E-state index contributed by atoms with van der Waals surface area (Å²) in [7, 11) is 0. The molecule has 2 saturated heterocycles. The smallest absolute Gasteiger partial charge is 0.227 e. The third-order valence-corrected chi connectivity index (χ3v) is 7.27. The number of benzene rings is 2. The highest BCUT2D eigenvalue weighted by molar-refractivity contribution is 9.10. The van der Waals surface area contributed by atoms with Crippen LogP contribution < -0.4 is 5.32 Å². The van der Waals surface area contributed by atoms with Crippen LogP contribution in [0.2, 0.25) is 0 Å². The fourth-order valence-electron chi connectivity index (χ4n) is 4.78. The van der Waals surface area contributed by atoms with Gasteiger partial charge < -0.3 is 10.2 Å². The average molecular weight is 439 g/mol. The van der Waals surface area contributed by atoms with Crippen molar-refractivity contribution in [1.29, 1.82) is 0 Å². The number of amides is 1. The Labute approximate surface area is 176 Å². The van der Waals surface area contributed by atoms with Gasteiger partial charge in [-0.2, -0.15) is 0 Å². The average Bonchev–Trinajstić information content (AvgIpc) is 3.24. The van der Waals surface area contributed by atoms with E-state index in [9.17, 15) is 4.79 Å². The zero-order valence-electron chi connectivity index (χ0n) is 16.1. The van der Waals surface area contributed by atoms with E-state index in [1.54, 1.807) is 0 Å². The summed E-state index contributed by atoms with van der Waals surface area (Å²) in [4.78, 5) is 15.5. The van der Waals surface area contributed by atoms with Crippen molar-refractivity contribution in [1.82, 2.24) is 10.2 Å². The van der Waals surface area contributed by atoms with Crippen LogP contribution in [0.3, 0.4) is 0 Å². The van der Waals surface area contributed by atoms with Crippen LogP contribution in [0.5, 0.6) is 0 Å². The molecular weight excluding hydrogens is 412 g/mol. The second kappa shape index (κ2) is 8.22. The maximum Gasteiger partial charge on any atom is 0.227 e. The molecule has 0 aromatic heterocycles. The van der Waals surface area contributed by atoms with E-state index in [0.717, 1.165) is 43.5 Å². The summed E-state index contributed by atoms with van der Waals surface area (Å²) in [5, 5.41) is 3.44. The summed E-state index contributed by atoms with van der Waals surface area (Å²) in [6.45, 7) is 7.32. The van der Waals surface area contributed by atoms with Crippen LogP contribution in [-0.4, -0.2) is 37.0 Å². The molecular formula is C24H27BrN2O. The second-order valence-electron chi connectivity index (χ2n) is 7.94. The van der Waals surface area contributed by atoms with Crippen LogP contribution >= 0.6 is 15.9 Å². The zero-order valence-corrected chi connectivity index (χ0v) is 17.7. The number of likely N-dealkylation sites (tertiary alicyclic amines) is 1. The predicted molar refractivity (Wildman–Crippen MR) is 117 cm³/mol. The predicted octanol–water partition coefficient (Wildman–Crippen LogP) is 4.50. The molecule has 4 rings (SSSR count). The number of carbonyl (C=O) groups excluding carboxylic acids is 1. The third-order valence-electron chi connectivity index (χ3n) is 6.54. The molecule has 2 aliphatic heterocycles. The Morgan fingerprint density at radius 1 is 1.07 bits per heavy atom. The van der Waals surface area contributed by atoms with Crippen molar-refractivity contribution in [2.24, 2.45) is 5.92 Å². The summed E-state index contributed by atoms with van der Waals surface area (Å²) < 4.78 is 1.09. The maximum atomic E-state index is 13.4. The molecule has 2 aromatic rings. The van der Waals surface area contributed by atoms with Crippen molar-refractivity contribution in [3.63, 3.8) is 0 Å². The molecule has 0 spiro atoms. The fourth-order valence-corrected chi connectivity index (χ4v) is 5.36. The van der Waals surface area contributed by atoms with E-state index >= 15 is 0 Å². The number of hydrogen-bond donors (Lipinski definition) is 1. The number of halogens is 1. The Kier molecular flexibility index (Phi) is 5.70. The van der Waals surface area contributed by atoms with Crippen LogP contribution in [0.25, 0.3) is 0 Å². The first-order valence-corrected chi connectivity index (χ1v) is 10.9. The van der Waals surface area contributed by atoms with Crippen molar-refractivity contribution < 1.29 is 4.79 Å². The van der Waals surface area contributed by atoms with Crippen LogP contribution in [-0.2, 0) is 10.2 Å². The first-order valence-electron chi connectivity index (χ1n) is 10.1. The van der Waals surface area contributed by atoms with Gasteiger partial charge in [-0.3, -0.25) is 4.79 Å². The number of nitrogens with one attached hydrogen (secondary N) is 1. The van der Waals surface area contributed by atoms with Gasteiger partial charge in [-0.05, 0) is 30.0 Å². The molecule has 3 nitrogen and oxygen atoms in total. The van der Waals surface area contributed by atoms with E-state index in [1.807, 2.05) is 12.1 Å². The lowest BCUT2D eigenvalue weighted by atomic mass is 9.72. The van der Waals surface area contributed by atoms with Gasteiger partial charge in [-0.15, -0.1) is 6.58 Å². The van der Waals surface area contributed by atoms with E-state index in [0.29, 0.717) is 0 Å². The fraction of sp³-hybridized carbons (Fsp3) is 0.375. The van der Waals surface area contributed by atoms with Crippen molar-refractivity contribution in [3.05, 3.63) is 82.9 Å². The number of carbonyl (C=O) groups is 1. The molecule has 2 aliphatic rings. The number of allylic oxidation sites excluding steroid dienone is 1. The summed E-state index contributed by atoms with van der Waals surface area (Å²) in [5.74, 6) is 0.520. The summed E-state index contributed by atoms with van der Waals surface area (Å²) in [5.41, 5.74) is 2.52. The Morgan fingerprint density at radius 3 is 2.43 bits per heavy atom. The van der Waals surface area contributed by atoms with E-state index in [4.69, 9.17) is 0 Å². The van der Waals surface area contributed by atoms with Crippen LogP contribution in [0, 0.1) is 5.92 Å². The normalized spacial score (nSPS) is 24.1. The number of piperidine rings is 1. The standard InChI is InChI=1S/C24H27BrN2O/c1-2-24(18-8-4-3-5-9-18)12-14-27(15-13-24)23(28)21-17-26-16-20(21)19-10-6-7-11-22(19)25/h2-11,20-21,26H,1,12-17H2/t20-,21+/m0/s1. The lowest BCUT2D eigenvalue weighted by Crippen LogP contribution is -2.47. The van der Waals surface area contributed by atoms with Crippen molar-refractivity contribution in [2.75, 3.05) is 26.2 Å². The van der Waals surface area contributed by atoms with Gasteiger partial charge in [-0.1, -0.05) is 70.5 Å². The Hall–Kier alpha value is -1.91. The maximum absolute atomic E-state index is 13.4. The summed E-state index contributed by atoms with van der Waals surface area (Å²) in [6.07, 6.45) is 3.96. The second-order valence-corrected chi connectivity index (χ2v) is 8.80. The van der Waals surface area contributed by atoms with E-state index < -0.39 is 0 Å². The van der Waals surface area contributed by atoms with Gasteiger partial charge in [-0.25, -0.2) is 0 Å². The highest BCUT2D eigenvalue weighted by Gasteiger charge is 2.40. The molecule has 0 aliphatic carbocycles. The first kappa shape index (κ1) is 19.4. The van der Waals surface area contributed by atoms with Gasteiger partial charge in [0.05, 0.1) is 5.92 Å². The number of hydrogen-bond acceptors (Lipinski definition) is 2. The van der Waals surface area contributed by atoms with Crippen LogP contribution in [0.15, 0.2) is 71.7 Å². The topological polar surface area (TPSA) is 32.3 Å². The molecule has 146 valence electrons. The molecule has 0 saturated carbocycles. The van der Waals surface area contributed by atoms with Crippen molar-refractivity contribution in [3.8, 4) is 0 Å². The van der Waals surface area contributed by atoms with Crippen molar-refractivity contribution >= 4 is 21.8 Å². The molecule has 1 N–H and O–H groups in total. The molecule has 2 heterocycles. The molecule has 0 bridgehead atoms. The first-order chi connectivity index (χ1) is 13.6. The number of nitrogens with zero attached hydrogens (tertiary/aromatic N) is 1. The van der Waals surface area contributed by atoms with Gasteiger partial charge in [0.1, 0.15) is 0 Å². The lowest BCUT2D eigenvalue weighted by molar-refractivity contribution is -0.136. The monoisotopic (exact) mass is 438 g/mol. The van der Waals surface area contributed by atoms with E-state index in [-0.39, 0.29) is 23.2 Å². The summed E-state index contributed by atoms with van der Waals surface area (Å²) >= 11 is 3.67. The van der Waals surface area contributed by atoms with E-state index in [1.165, 1.54) is 11.1 Å². The molecule has 28 heavy (non-hydrogen) atoms. The third kappa shape index (κ3) is 3.56. The van der Waals surface area contributed by atoms with Gasteiger partial charge in [0.2, 0.25) is 5.91 Å². The minimum absolute atomic E-state index is 0.00616. The van der Waals surface area contributed by atoms with Gasteiger partial charge in [0.25, 0.3) is 0 Å². The molecule has 1 amide bonds. The minimum Gasteiger partial charge on any atom is -0.342 e. The number of rotatable bonds is 4. The van der Waals surface area contributed by atoms with Crippen molar-refractivity contribution in [2.45, 2.75) is 24.2 Å². The zero-order chi connectivity index (χ0) is 19.6. The molecule has 0 radical (unpaired) electrons. The highest BCUT2D eigenvalue weighted by Crippen LogP contribution is 2.39. The highest BCUT2D eigenvalue weighted by atomic mass is 79.9. The van der Waals surface area contributed by atoms with Gasteiger partial charge >= 0.3 is 0 Å². The molecule has 2 atom stereocenters. The SMILES string of the molecule is C=CC1(c2ccccc2)CCN(C(=O)[C@@H]2CNC[C@H]2c2ccccc2Br)CC1. The molecule has 2 fully saturated rings. The molecule has 2 aromatic carbocycles. The molecule has 0 unspecified atom stereocenters. The van der Waals surface area contributed by atoms with Gasteiger partial charge in [0.15, 0.2) is 0 Å². The van der Waals surface area contributed by atoms with E-state index in [2.05, 4.69) is 81.3 Å². The van der Waals surface area contributed by atoms with Gasteiger partial charge in [0, 0.05) is 42.0 Å². The Morgan fingerprint density at radius 2 is 1.75 bits per heavy atom.